The molecule has 0 unspecified atom stereocenters. The summed E-state index contributed by atoms with van der Waals surface area (Å²) in [7, 11) is 2.15. The van der Waals surface area contributed by atoms with Crippen LogP contribution in [0, 0.1) is 0 Å². The van der Waals surface area contributed by atoms with Crippen molar-refractivity contribution in [1.82, 2.24) is 9.97 Å². The second kappa shape index (κ2) is 5.49. The van der Waals surface area contributed by atoms with E-state index in [1.54, 1.807) is 0 Å². The Bertz CT molecular complexity index is 609. The Kier molecular flexibility index (Phi) is 3.54. The van der Waals surface area contributed by atoms with E-state index >= 15 is 0 Å². The molecule has 0 radical (unpaired) electrons. The van der Waals surface area contributed by atoms with Crippen LogP contribution in [0.1, 0.15) is 18.9 Å². The number of nitrogens with zero attached hydrogens (tertiary/aromatic N) is 3. The number of fused-ring (bicyclic) bond motifs is 1. The third-order valence-electron chi connectivity index (χ3n) is 3.70. The van der Waals surface area contributed by atoms with Crippen molar-refractivity contribution in [2.45, 2.75) is 19.8 Å². The standard InChI is InChI=1S/C16H20N4/c1-3-17-15-8-9-18-16(19-15)13-6-7-14-12(11-13)5-4-10-20(14)2/h6-9,11H,3-5,10H2,1-2H3,(H,17,18,19). The number of aromatic nitrogens is 2. The van der Waals surface area contributed by atoms with Crippen LogP contribution in [0.15, 0.2) is 30.5 Å². The van der Waals surface area contributed by atoms with Gasteiger partial charge in [-0.25, -0.2) is 9.97 Å². The summed E-state index contributed by atoms with van der Waals surface area (Å²) in [5, 5.41) is 3.23. The predicted octanol–water partition coefficient (Wildman–Crippen LogP) is 2.96. The second-order valence-electron chi connectivity index (χ2n) is 5.16. The molecule has 0 aliphatic carbocycles. The molecule has 2 aromatic rings. The van der Waals surface area contributed by atoms with Gasteiger partial charge in [-0.1, -0.05) is 0 Å². The molecule has 104 valence electrons. The third kappa shape index (κ3) is 2.46. The summed E-state index contributed by atoms with van der Waals surface area (Å²) in [5.41, 5.74) is 3.83. The number of hydrogen-bond donors (Lipinski definition) is 1. The van der Waals surface area contributed by atoms with Gasteiger partial charge in [-0.15, -0.1) is 0 Å². The maximum absolute atomic E-state index is 4.56. The van der Waals surface area contributed by atoms with Crippen molar-refractivity contribution in [2.75, 3.05) is 30.4 Å². The second-order valence-corrected chi connectivity index (χ2v) is 5.16. The molecule has 2 heterocycles. The van der Waals surface area contributed by atoms with Crippen LogP contribution in [0.2, 0.25) is 0 Å². The Morgan fingerprint density at radius 2 is 2.20 bits per heavy atom. The Hall–Kier alpha value is -2.10. The maximum Gasteiger partial charge on any atom is 0.161 e. The van der Waals surface area contributed by atoms with Gasteiger partial charge in [-0.05, 0) is 49.6 Å². The molecule has 4 heteroatoms. The van der Waals surface area contributed by atoms with Crippen molar-refractivity contribution in [2.24, 2.45) is 0 Å². The quantitative estimate of drug-likeness (QED) is 0.929. The van der Waals surface area contributed by atoms with Crippen LogP contribution in [0.3, 0.4) is 0 Å². The zero-order chi connectivity index (χ0) is 13.9. The Morgan fingerprint density at radius 3 is 3.05 bits per heavy atom. The van der Waals surface area contributed by atoms with Gasteiger partial charge in [-0.2, -0.15) is 0 Å². The lowest BCUT2D eigenvalue weighted by molar-refractivity contribution is 0.744. The molecular weight excluding hydrogens is 248 g/mol. The summed E-state index contributed by atoms with van der Waals surface area (Å²) in [6.45, 7) is 4.07. The first-order valence-corrected chi connectivity index (χ1v) is 7.19. The summed E-state index contributed by atoms with van der Waals surface area (Å²) in [6.07, 6.45) is 4.16. The van der Waals surface area contributed by atoms with Gasteiger partial charge in [0.15, 0.2) is 5.82 Å². The van der Waals surface area contributed by atoms with E-state index in [1.165, 1.54) is 17.7 Å². The van der Waals surface area contributed by atoms with Crippen LogP contribution < -0.4 is 10.2 Å². The van der Waals surface area contributed by atoms with Crippen molar-refractivity contribution in [3.63, 3.8) is 0 Å². The highest BCUT2D eigenvalue weighted by atomic mass is 15.1. The van der Waals surface area contributed by atoms with Gasteiger partial charge in [0.25, 0.3) is 0 Å². The lowest BCUT2D eigenvalue weighted by atomic mass is 9.99. The minimum absolute atomic E-state index is 0.791. The molecule has 1 N–H and O–H groups in total. The van der Waals surface area contributed by atoms with Crippen molar-refractivity contribution < 1.29 is 0 Å². The fraction of sp³-hybridized carbons (Fsp3) is 0.375. The molecule has 1 aliphatic heterocycles. The van der Waals surface area contributed by atoms with E-state index in [-0.39, 0.29) is 0 Å². The number of nitrogens with one attached hydrogen (secondary N) is 1. The molecule has 20 heavy (non-hydrogen) atoms. The van der Waals surface area contributed by atoms with Crippen LogP contribution >= 0.6 is 0 Å². The first-order valence-electron chi connectivity index (χ1n) is 7.19. The number of rotatable bonds is 3. The Labute approximate surface area is 119 Å². The largest absolute Gasteiger partial charge is 0.374 e. The van der Waals surface area contributed by atoms with Crippen LogP contribution in [0.5, 0.6) is 0 Å². The summed E-state index contributed by atoms with van der Waals surface area (Å²) in [4.78, 5) is 11.3. The van der Waals surface area contributed by atoms with Crippen molar-refractivity contribution in [1.29, 1.82) is 0 Å². The van der Waals surface area contributed by atoms with E-state index in [0.29, 0.717) is 0 Å². The summed E-state index contributed by atoms with van der Waals surface area (Å²) in [6, 6.07) is 8.44. The summed E-state index contributed by atoms with van der Waals surface area (Å²) >= 11 is 0. The summed E-state index contributed by atoms with van der Waals surface area (Å²) in [5.74, 6) is 1.67. The Balaban J connectivity index is 1.96. The topological polar surface area (TPSA) is 41.1 Å². The fourth-order valence-corrected chi connectivity index (χ4v) is 2.70. The normalized spacial score (nSPS) is 14.0. The van der Waals surface area contributed by atoms with Crippen molar-refractivity contribution in [3.8, 4) is 11.4 Å². The van der Waals surface area contributed by atoms with E-state index in [0.717, 1.165) is 36.7 Å². The average Bonchev–Trinajstić information content (AvgIpc) is 2.48. The SMILES string of the molecule is CCNc1ccnc(-c2ccc3c(c2)CCCN3C)n1. The molecule has 0 saturated heterocycles. The molecule has 1 aromatic heterocycles. The fourth-order valence-electron chi connectivity index (χ4n) is 2.70. The third-order valence-corrected chi connectivity index (χ3v) is 3.70. The molecule has 0 atom stereocenters. The number of hydrogen-bond acceptors (Lipinski definition) is 4. The smallest absolute Gasteiger partial charge is 0.161 e. The molecule has 0 saturated carbocycles. The number of aryl methyl sites for hydroxylation is 1. The zero-order valence-corrected chi connectivity index (χ0v) is 12.1. The van der Waals surface area contributed by atoms with Gasteiger partial charge in [0.05, 0.1) is 0 Å². The van der Waals surface area contributed by atoms with Gasteiger partial charge in [-0.3, -0.25) is 0 Å². The van der Waals surface area contributed by atoms with E-state index in [9.17, 15) is 0 Å². The number of benzene rings is 1. The van der Waals surface area contributed by atoms with Crippen molar-refractivity contribution in [3.05, 3.63) is 36.0 Å². The molecule has 0 spiro atoms. The highest BCUT2D eigenvalue weighted by Crippen LogP contribution is 2.29. The average molecular weight is 268 g/mol. The summed E-state index contributed by atoms with van der Waals surface area (Å²) < 4.78 is 0. The van der Waals surface area contributed by atoms with Crippen molar-refractivity contribution >= 4 is 11.5 Å². The zero-order valence-electron chi connectivity index (χ0n) is 12.1. The predicted molar refractivity (Wildman–Crippen MR) is 83.2 cm³/mol. The molecule has 1 aliphatic rings. The first-order chi connectivity index (χ1) is 9.78. The van der Waals surface area contributed by atoms with Crippen LogP contribution in [0.4, 0.5) is 11.5 Å². The highest BCUT2D eigenvalue weighted by molar-refractivity contribution is 5.66. The van der Waals surface area contributed by atoms with E-state index in [1.807, 2.05) is 12.3 Å². The molecule has 0 fully saturated rings. The lowest BCUT2D eigenvalue weighted by Crippen LogP contribution is -2.24. The molecular formula is C16H20N4. The minimum Gasteiger partial charge on any atom is -0.374 e. The van der Waals surface area contributed by atoms with Crippen LogP contribution in [-0.4, -0.2) is 30.1 Å². The van der Waals surface area contributed by atoms with Crippen LogP contribution in [0.25, 0.3) is 11.4 Å². The molecule has 0 amide bonds. The van der Waals surface area contributed by atoms with Gasteiger partial charge in [0.2, 0.25) is 0 Å². The first kappa shape index (κ1) is 12.9. The Morgan fingerprint density at radius 1 is 1.30 bits per heavy atom. The molecule has 1 aromatic carbocycles. The maximum atomic E-state index is 4.56. The van der Waals surface area contributed by atoms with Gasteiger partial charge in [0.1, 0.15) is 5.82 Å². The number of anilines is 2. The van der Waals surface area contributed by atoms with E-state index in [4.69, 9.17) is 0 Å². The van der Waals surface area contributed by atoms with Crippen LogP contribution in [-0.2, 0) is 6.42 Å². The molecule has 3 rings (SSSR count). The van der Waals surface area contributed by atoms with E-state index < -0.39 is 0 Å². The molecule has 0 bridgehead atoms. The van der Waals surface area contributed by atoms with Gasteiger partial charge >= 0.3 is 0 Å². The minimum atomic E-state index is 0.791. The van der Waals surface area contributed by atoms with Gasteiger partial charge < -0.3 is 10.2 Å². The van der Waals surface area contributed by atoms with E-state index in [2.05, 4.69) is 52.4 Å². The molecule has 4 nitrogen and oxygen atoms in total. The lowest BCUT2D eigenvalue weighted by Gasteiger charge is -2.27. The van der Waals surface area contributed by atoms with Gasteiger partial charge in [0, 0.05) is 37.6 Å². The monoisotopic (exact) mass is 268 g/mol. The highest BCUT2D eigenvalue weighted by Gasteiger charge is 2.14.